The number of hydrogen-bond donors (Lipinski definition) is 2. The van der Waals surface area contributed by atoms with Gasteiger partial charge in [-0.15, -0.1) is 0 Å². The minimum atomic E-state index is 0.672. The summed E-state index contributed by atoms with van der Waals surface area (Å²) in [4.78, 5) is 11.1. The quantitative estimate of drug-likeness (QED) is 0.728. The zero-order valence-corrected chi connectivity index (χ0v) is 11.5. The molecular weight excluding hydrogens is 246 g/mol. The summed E-state index contributed by atoms with van der Waals surface area (Å²) in [7, 11) is 0. The van der Waals surface area contributed by atoms with Crippen molar-refractivity contribution in [2.24, 2.45) is 0 Å². The van der Waals surface area contributed by atoms with Gasteiger partial charge in [0.25, 0.3) is 0 Å². The molecule has 1 aliphatic carbocycles. The van der Waals surface area contributed by atoms with E-state index in [4.69, 9.17) is 0 Å². The summed E-state index contributed by atoms with van der Waals surface area (Å²) in [5.74, 6) is 1.82. The molecule has 20 heavy (non-hydrogen) atoms. The third-order valence-corrected chi connectivity index (χ3v) is 4.02. The first-order valence-electron chi connectivity index (χ1n) is 7.10. The standard InChI is InChI=1S/C17H17N3/c1-11-8-18-9-15(11)12-2-4-13(5-3-12)16-10-19-17(20-16)14-6-7-14/h2-5,8-10,14,18H,6-7H2,1H3,(H,19,20). The molecule has 0 saturated heterocycles. The van der Waals surface area contributed by atoms with Crippen molar-refractivity contribution >= 4 is 0 Å². The minimum absolute atomic E-state index is 0.672. The van der Waals surface area contributed by atoms with Gasteiger partial charge in [-0.2, -0.15) is 0 Å². The fourth-order valence-corrected chi connectivity index (χ4v) is 2.63. The van der Waals surface area contributed by atoms with Crippen molar-refractivity contribution in [3.63, 3.8) is 0 Å². The Bertz CT molecular complexity index is 730. The smallest absolute Gasteiger partial charge is 0.109 e. The van der Waals surface area contributed by atoms with Crippen molar-refractivity contribution < 1.29 is 0 Å². The number of benzene rings is 1. The molecular formula is C17H17N3. The molecule has 100 valence electrons. The number of aromatic nitrogens is 3. The van der Waals surface area contributed by atoms with Crippen LogP contribution in [-0.2, 0) is 0 Å². The van der Waals surface area contributed by atoms with Gasteiger partial charge in [0.15, 0.2) is 0 Å². The average molecular weight is 263 g/mol. The summed E-state index contributed by atoms with van der Waals surface area (Å²) in [6.45, 7) is 2.12. The Morgan fingerprint density at radius 3 is 2.45 bits per heavy atom. The molecule has 2 aromatic heterocycles. The molecule has 0 amide bonds. The minimum Gasteiger partial charge on any atom is -0.367 e. The summed E-state index contributed by atoms with van der Waals surface area (Å²) in [5, 5.41) is 0. The molecule has 1 fully saturated rings. The van der Waals surface area contributed by atoms with Gasteiger partial charge in [-0.05, 0) is 36.5 Å². The largest absolute Gasteiger partial charge is 0.367 e. The molecule has 2 N–H and O–H groups in total. The molecule has 0 atom stereocenters. The van der Waals surface area contributed by atoms with Gasteiger partial charge in [-0.25, -0.2) is 4.98 Å². The van der Waals surface area contributed by atoms with Gasteiger partial charge >= 0.3 is 0 Å². The average Bonchev–Trinajstić information content (AvgIpc) is 3.05. The summed E-state index contributed by atoms with van der Waals surface area (Å²) < 4.78 is 0. The Kier molecular flexibility index (Phi) is 2.52. The lowest BCUT2D eigenvalue weighted by Gasteiger charge is -2.02. The maximum absolute atomic E-state index is 4.48. The Balaban J connectivity index is 1.64. The number of aryl methyl sites for hydroxylation is 1. The second-order valence-electron chi connectivity index (χ2n) is 5.59. The van der Waals surface area contributed by atoms with Gasteiger partial charge in [0.2, 0.25) is 0 Å². The first kappa shape index (κ1) is 11.5. The zero-order valence-electron chi connectivity index (χ0n) is 11.5. The number of nitrogens with zero attached hydrogens (tertiary/aromatic N) is 1. The number of H-pyrrole nitrogens is 2. The molecule has 0 radical (unpaired) electrons. The Labute approximate surface area is 118 Å². The lowest BCUT2D eigenvalue weighted by Crippen LogP contribution is -1.83. The number of nitrogens with one attached hydrogen (secondary N) is 2. The lowest BCUT2D eigenvalue weighted by atomic mass is 10.0. The highest BCUT2D eigenvalue weighted by molar-refractivity contribution is 5.70. The summed E-state index contributed by atoms with van der Waals surface area (Å²) in [6.07, 6.45) is 8.58. The maximum atomic E-state index is 4.48. The molecule has 0 bridgehead atoms. The van der Waals surface area contributed by atoms with Crippen LogP contribution < -0.4 is 0 Å². The summed E-state index contributed by atoms with van der Waals surface area (Å²) >= 11 is 0. The van der Waals surface area contributed by atoms with Gasteiger partial charge in [0.05, 0.1) is 11.9 Å². The number of rotatable bonds is 3. The van der Waals surface area contributed by atoms with Crippen LogP contribution in [0.4, 0.5) is 0 Å². The molecule has 4 rings (SSSR count). The van der Waals surface area contributed by atoms with E-state index in [-0.39, 0.29) is 0 Å². The molecule has 1 saturated carbocycles. The highest BCUT2D eigenvalue weighted by atomic mass is 14.9. The predicted octanol–water partition coefficient (Wildman–Crippen LogP) is 4.26. The molecule has 3 heteroatoms. The second kappa shape index (κ2) is 4.37. The van der Waals surface area contributed by atoms with E-state index in [9.17, 15) is 0 Å². The van der Waals surface area contributed by atoms with Crippen LogP contribution in [0.25, 0.3) is 22.4 Å². The molecule has 1 aliphatic rings. The van der Waals surface area contributed by atoms with Gasteiger partial charge < -0.3 is 9.97 Å². The van der Waals surface area contributed by atoms with E-state index in [0.717, 1.165) is 11.5 Å². The fourth-order valence-electron chi connectivity index (χ4n) is 2.63. The van der Waals surface area contributed by atoms with Crippen molar-refractivity contribution in [1.82, 2.24) is 15.0 Å². The van der Waals surface area contributed by atoms with Crippen molar-refractivity contribution in [2.75, 3.05) is 0 Å². The normalized spacial score (nSPS) is 14.7. The molecule has 0 unspecified atom stereocenters. The predicted molar refractivity (Wildman–Crippen MR) is 80.5 cm³/mol. The van der Waals surface area contributed by atoms with Crippen molar-refractivity contribution in [3.05, 3.63) is 54.2 Å². The number of aromatic amines is 2. The molecule has 0 aliphatic heterocycles. The van der Waals surface area contributed by atoms with Crippen LogP contribution in [0.5, 0.6) is 0 Å². The molecule has 3 nitrogen and oxygen atoms in total. The van der Waals surface area contributed by atoms with E-state index in [1.165, 1.54) is 35.1 Å². The van der Waals surface area contributed by atoms with Crippen LogP contribution in [0.1, 0.15) is 30.1 Å². The zero-order chi connectivity index (χ0) is 13.5. The Morgan fingerprint density at radius 1 is 1.05 bits per heavy atom. The number of imidazole rings is 1. The van der Waals surface area contributed by atoms with Crippen molar-refractivity contribution in [2.45, 2.75) is 25.7 Å². The van der Waals surface area contributed by atoms with E-state index in [1.807, 2.05) is 18.6 Å². The SMILES string of the molecule is Cc1c[nH]cc1-c1ccc(-c2cnc(C3CC3)[nH]2)cc1. The van der Waals surface area contributed by atoms with Crippen LogP contribution in [0.15, 0.2) is 42.9 Å². The first-order valence-corrected chi connectivity index (χ1v) is 7.10. The molecule has 0 spiro atoms. The molecule has 2 heterocycles. The number of hydrogen-bond acceptors (Lipinski definition) is 1. The lowest BCUT2D eigenvalue weighted by molar-refractivity contribution is 0.977. The van der Waals surface area contributed by atoms with Gasteiger partial charge in [0, 0.05) is 23.9 Å². The van der Waals surface area contributed by atoms with E-state index < -0.39 is 0 Å². The van der Waals surface area contributed by atoms with Gasteiger partial charge in [-0.3, -0.25) is 0 Å². The second-order valence-corrected chi connectivity index (χ2v) is 5.59. The van der Waals surface area contributed by atoms with Gasteiger partial charge in [0.1, 0.15) is 5.82 Å². The van der Waals surface area contributed by atoms with E-state index in [2.05, 4.69) is 46.1 Å². The first-order chi connectivity index (χ1) is 9.81. The maximum Gasteiger partial charge on any atom is 0.109 e. The monoisotopic (exact) mass is 263 g/mol. The van der Waals surface area contributed by atoms with E-state index >= 15 is 0 Å². The third kappa shape index (κ3) is 1.95. The Hall–Kier alpha value is -2.29. The van der Waals surface area contributed by atoms with Crippen LogP contribution in [0.3, 0.4) is 0 Å². The van der Waals surface area contributed by atoms with Crippen LogP contribution >= 0.6 is 0 Å². The van der Waals surface area contributed by atoms with Crippen LogP contribution in [0, 0.1) is 6.92 Å². The van der Waals surface area contributed by atoms with Crippen molar-refractivity contribution in [3.8, 4) is 22.4 Å². The third-order valence-electron chi connectivity index (χ3n) is 4.02. The van der Waals surface area contributed by atoms with Crippen LogP contribution in [-0.4, -0.2) is 15.0 Å². The summed E-state index contributed by atoms with van der Waals surface area (Å²) in [6, 6.07) is 8.66. The van der Waals surface area contributed by atoms with E-state index in [0.29, 0.717) is 5.92 Å². The molecule has 1 aromatic carbocycles. The van der Waals surface area contributed by atoms with Crippen molar-refractivity contribution in [1.29, 1.82) is 0 Å². The van der Waals surface area contributed by atoms with Crippen LogP contribution in [0.2, 0.25) is 0 Å². The Morgan fingerprint density at radius 2 is 1.80 bits per heavy atom. The van der Waals surface area contributed by atoms with Gasteiger partial charge in [-0.1, -0.05) is 24.3 Å². The highest BCUT2D eigenvalue weighted by Gasteiger charge is 2.26. The fraction of sp³-hybridized carbons (Fsp3) is 0.235. The highest BCUT2D eigenvalue weighted by Crippen LogP contribution is 2.39. The topological polar surface area (TPSA) is 44.5 Å². The summed E-state index contributed by atoms with van der Waals surface area (Å²) in [5.41, 5.74) is 6.09. The van der Waals surface area contributed by atoms with E-state index in [1.54, 1.807) is 0 Å². The molecule has 3 aromatic rings.